The molecular weight excluding hydrogens is 569 g/mol. The second-order valence-electron chi connectivity index (χ2n) is 8.44. The van der Waals surface area contributed by atoms with Gasteiger partial charge in [-0.3, -0.25) is 9.46 Å². The number of amides is 1. The Balaban J connectivity index is 2.42. The summed E-state index contributed by atoms with van der Waals surface area (Å²) < 4.78 is 23.6. The van der Waals surface area contributed by atoms with Crippen molar-refractivity contribution in [3.63, 3.8) is 0 Å². The van der Waals surface area contributed by atoms with Crippen LogP contribution in [0.5, 0.6) is 17.2 Å². The van der Waals surface area contributed by atoms with Crippen LogP contribution >= 0.6 is 39.5 Å². The molecule has 0 unspecified atom stereocenters. The third-order valence-corrected chi connectivity index (χ3v) is 5.93. The highest BCUT2D eigenvalue weighted by Gasteiger charge is 2.30. The molecule has 2 aromatic rings. The molecule has 0 aromatic heterocycles. The maximum atomic E-state index is 12.6. The van der Waals surface area contributed by atoms with Crippen LogP contribution < -0.4 is 9.64 Å². The minimum atomic E-state index is -4.59. The molecule has 1 amide bonds. The number of aromatic hydroxyl groups is 1. The number of halogens is 2. The van der Waals surface area contributed by atoms with E-state index in [1.165, 1.54) is 12.1 Å². The van der Waals surface area contributed by atoms with Gasteiger partial charge in [0.2, 0.25) is 0 Å². The molecule has 11 heteroatoms. The number of hydrogen-bond acceptors (Lipinski definition) is 5. The molecule has 0 aliphatic carbocycles. The first-order valence-corrected chi connectivity index (χ1v) is 13.0. The van der Waals surface area contributed by atoms with Crippen molar-refractivity contribution in [1.82, 2.24) is 0 Å². The van der Waals surface area contributed by atoms with Crippen LogP contribution in [0.15, 0.2) is 39.3 Å². The number of hydrogen-bond donors (Lipinski definition) is 3. The molecule has 0 aliphatic heterocycles. The normalized spacial score (nSPS) is 12.1. The standard InChI is InChI=1S/C21H26Br2NO7P/c1-12(2)13-6-7-18(17(25)8-13)30-19-15(22)9-14(10-16(19)23)24(11-32(27,28)29)20(26)31-21(3,4)5/h6-10,12,25H,11H2,1-5H3,(H2,27,28,29). The van der Waals surface area contributed by atoms with Crippen molar-refractivity contribution in [2.75, 3.05) is 11.2 Å². The number of carbonyl (C=O) groups is 1. The van der Waals surface area contributed by atoms with Crippen LogP contribution in [0.3, 0.4) is 0 Å². The van der Waals surface area contributed by atoms with Crippen LogP contribution in [0.2, 0.25) is 0 Å². The lowest BCUT2D eigenvalue weighted by Gasteiger charge is -2.28. The number of rotatable bonds is 6. The van der Waals surface area contributed by atoms with E-state index in [2.05, 4.69) is 31.9 Å². The topological polar surface area (TPSA) is 117 Å². The van der Waals surface area contributed by atoms with Crippen molar-refractivity contribution in [3.8, 4) is 17.2 Å². The maximum Gasteiger partial charge on any atom is 0.415 e. The van der Waals surface area contributed by atoms with Gasteiger partial charge in [-0.15, -0.1) is 0 Å². The lowest BCUT2D eigenvalue weighted by Crippen LogP contribution is -2.37. The molecule has 0 saturated heterocycles. The zero-order valence-corrected chi connectivity index (χ0v) is 22.4. The van der Waals surface area contributed by atoms with Gasteiger partial charge in [-0.1, -0.05) is 19.9 Å². The third kappa shape index (κ3) is 7.49. The third-order valence-electron chi connectivity index (χ3n) is 4.10. The number of benzene rings is 2. The van der Waals surface area contributed by atoms with E-state index in [0.717, 1.165) is 10.5 Å². The molecule has 3 N–H and O–H groups in total. The summed E-state index contributed by atoms with van der Waals surface area (Å²) in [5.41, 5.74) is 0.267. The molecule has 0 aliphatic rings. The van der Waals surface area contributed by atoms with Gasteiger partial charge in [0.1, 0.15) is 11.9 Å². The Morgan fingerprint density at radius 1 is 1.12 bits per heavy atom. The Hall–Kier alpha value is -1.58. The van der Waals surface area contributed by atoms with Crippen LogP contribution in [0.4, 0.5) is 10.5 Å². The van der Waals surface area contributed by atoms with E-state index in [4.69, 9.17) is 9.47 Å². The molecular formula is C21H26Br2NO7P. The van der Waals surface area contributed by atoms with Gasteiger partial charge in [0.15, 0.2) is 17.2 Å². The molecule has 0 radical (unpaired) electrons. The number of nitrogens with zero attached hydrogens (tertiary/aromatic N) is 1. The second-order valence-corrected chi connectivity index (χ2v) is 11.8. The molecule has 2 aromatic carbocycles. The Bertz CT molecular complexity index is 1020. The number of carbonyl (C=O) groups excluding carboxylic acids is 1. The highest BCUT2D eigenvalue weighted by molar-refractivity contribution is 9.11. The van der Waals surface area contributed by atoms with Gasteiger partial charge >= 0.3 is 13.7 Å². The summed E-state index contributed by atoms with van der Waals surface area (Å²) in [5.74, 6) is 0.737. The minimum absolute atomic E-state index is 0.0315. The van der Waals surface area contributed by atoms with Gasteiger partial charge < -0.3 is 24.4 Å². The minimum Gasteiger partial charge on any atom is -0.504 e. The van der Waals surface area contributed by atoms with Crippen LogP contribution in [-0.4, -0.2) is 32.9 Å². The molecule has 0 fully saturated rings. The first-order chi connectivity index (χ1) is 14.6. The summed E-state index contributed by atoms with van der Waals surface area (Å²) in [5, 5.41) is 10.3. The number of phenolic OH excluding ortho intramolecular Hbond substituents is 1. The largest absolute Gasteiger partial charge is 0.504 e. The van der Waals surface area contributed by atoms with E-state index >= 15 is 0 Å². The van der Waals surface area contributed by atoms with E-state index in [0.29, 0.717) is 14.7 Å². The highest BCUT2D eigenvalue weighted by atomic mass is 79.9. The predicted octanol–water partition coefficient (Wildman–Crippen LogP) is 6.71. The summed E-state index contributed by atoms with van der Waals surface area (Å²) in [6, 6.07) is 8.07. The van der Waals surface area contributed by atoms with Crippen LogP contribution in [0.1, 0.15) is 46.1 Å². The quantitative estimate of drug-likeness (QED) is 0.318. The molecule has 0 bridgehead atoms. The van der Waals surface area contributed by atoms with Gasteiger partial charge in [0, 0.05) is 0 Å². The zero-order chi connectivity index (χ0) is 24.4. The van der Waals surface area contributed by atoms with Gasteiger partial charge in [-0.05, 0) is 88.4 Å². The fraction of sp³-hybridized carbons (Fsp3) is 0.381. The molecule has 2 rings (SSSR count). The Labute approximate surface area is 204 Å². The lowest BCUT2D eigenvalue weighted by molar-refractivity contribution is 0.0583. The molecule has 0 spiro atoms. The molecule has 32 heavy (non-hydrogen) atoms. The van der Waals surface area contributed by atoms with E-state index in [1.54, 1.807) is 32.9 Å². The molecule has 0 saturated carbocycles. The van der Waals surface area contributed by atoms with Crippen molar-refractivity contribution in [2.45, 2.75) is 46.1 Å². The summed E-state index contributed by atoms with van der Waals surface area (Å²) >= 11 is 6.73. The van der Waals surface area contributed by atoms with Crippen molar-refractivity contribution >= 4 is 51.2 Å². The van der Waals surface area contributed by atoms with E-state index in [9.17, 15) is 24.3 Å². The average molecular weight is 595 g/mol. The van der Waals surface area contributed by atoms with Gasteiger partial charge in [-0.25, -0.2) is 4.79 Å². The Kier molecular flexibility index (Phi) is 8.45. The summed E-state index contributed by atoms with van der Waals surface area (Å²) in [6.07, 6.45) is -1.77. The monoisotopic (exact) mass is 593 g/mol. The predicted molar refractivity (Wildman–Crippen MR) is 130 cm³/mol. The summed E-state index contributed by atoms with van der Waals surface area (Å²) in [6.45, 7) is 8.98. The second kappa shape index (κ2) is 10.1. The number of ether oxygens (including phenoxy) is 2. The lowest BCUT2D eigenvalue weighted by atomic mass is 10.0. The van der Waals surface area contributed by atoms with E-state index < -0.39 is 25.6 Å². The highest BCUT2D eigenvalue weighted by Crippen LogP contribution is 2.44. The first kappa shape index (κ1) is 26.7. The fourth-order valence-electron chi connectivity index (χ4n) is 2.64. The SMILES string of the molecule is CC(C)c1ccc(Oc2c(Br)cc(N(CP(=O)(O)O)C(=O)OC(C)(C)C)cc2Br)c(O)c1. The van der Waals surface area contributed by atoms with E-state index in [-0.39, 0.29) is 23.1 Å². The van der Waals surface area contributed by atoms with Gasteiger partial charge in [-0.2, -0.15) is 0 Å². The molecule has 8 nitrogen and oxygen atoms in total. The Morgan fingerprint density at radius 3 is 2.12 bits per heavy atom. The average Bonchev–Trinajstić information content (AvgIpc) is 2.61. The van der Waals surface area contributed by atoms with Crippen LogP contribution in [0, 0.1) is 0 Å². The Morgan fingerprint density at radius 2 is 1.69 bits per heavy atom. The van der Waals surface area contributed by atoms with Crippen molar-refractivity contribution < 1.29 is 33.7 Å². The van der Waals surface area contributed by atoms with Crippen molar-refractivity contribution in [1.29, 1.82) is 0 Å². The van der Waals surface area contributed by atoms with Gasteiger partial charge in [0.25, 0.3) is 0 Å². The zero-order valence-electron chi connectivity index (χ0n) is 18.3. The smallest absolute Gasteiger partial charge is 0.415 e. The molecule has 0 atom stereocenters. The molecule has 176 valence electrons. The van der Waals surface area contributed by atoms with Crippen LogP contribution in [0.25, 0.3) is 0 Å². The molecule has 0 heterocycles. The summed E-state index contributed by atoms with van der Waals surface area (Å²) in [4.78, 5) is 32.4. The van der Waals surface area contributed by atoms with Crippen molar-refractivity contribution in [3.05, 3.63) is 44.8 Å². The van der Waals surface area contributed by atoms with E-state index in [1.807, 2.05) is 19.9 Å². The number of anilines is 1. The fourth-order valence-corrected chi connectivity index (χ4v) is 4.61. The van der Waals surface area contributed by atoms with Crippen LogP contribution in [-0.2, 0) is 9.30 Å². The first-order valence-electron chi connectivity index (χ1n) is 9.62. The van der Waals surface area contributed by atoms with Gasteiger partial charge in [0.05, 0.1) is 14.6 Å². The maximum absolute atomic E-state index is 12.6. The summed E-state index contributed by atoms with van der Waals surface area (Å²) in [7, 11) is -4.59. The van der Waals surface area contributed by atoms with Crippen molar-refractivity contribution in [2.24, 2.45) is 0 Å². The number of phenols is 1.